The van der Waals surface area contributed by atoms with Gasteiger partial charge in [0.05, 0.1) is 4.90 Å². The molecule has 2 aromatic carbocycles. The summed E-state index contributed by atoms with van der Waals surface area (Å²) >= 11 is 0. The van der Waals surface area contributed by atoms with E-state index in [1.807, 2.05) is 83.3 Å². The van der Waals surface area contributed by atoms with Crippen molar-refractivity contribution >= 4 is 19.3 Å². The molecule has 0 aliphatic carbocycles. The Morgan fingerprint density at radius 2 is 1.53 bits per heavy atom. The summed E-state index contributed by atoms with van der Waals surface area (Å²) < 4.78 is 22.5. The van der Waals surface area contributed by atoms with E-state index in [2.05, 4.69) is 16.9 Å². The molecule has 0 bridgehead atoms. The SMILES string of the molecule is Cc1ccc(S(=O)N[C@H](c2ccccc2)C(C#N)(C#N)O[Si](C)(C)C(C)(C)C)cc1. The minimum Gasteiger partial charge on any atom is -0.387 e. The van der Waals surface area contributed by atoms with E-state index in [1.54, 1.807) is 12.1 Å². The molecule has 0 spiro atoms. The largest absolute Gasteiger partial charge is 0.387 e. The maximum Gasteiger partial charge on any atom is 0.252 e. The summed E-state index contributed by atoms with van der Waals surface area (Å²) in [6.07, 6.45) is 0. The van der Waals surface area contributed by atoms with Gasteiger partial charge in [-0.15, -0.1) is 0 Å². The lowest BCUT2D eigenvalue weighted by molar-refractivity contribution is 0.130. The molecule has 0 amide bonds. The van der Waals surface area contributed by atoms with E-state index in [-0.39, 0.29) is 5.04 Å². The van der Waals surface area contributed by atoms with E-state index in [0.717, 1.165) is 5.56 Å². The van der Waals surface area contributed by atoms with Crippen molar-refractivity contribution < 1.29 is 8.63 Å². The van der Waals surface area contributed by atoms with Crippen LogP contribution in [0.1, 0.15) is 37.9 Å². The lowest BCUT2D eigenvalue weighted by Gasteiger charge is -2.42. The highest BCUT2D eigenvalue weighted by atomic mass is 32.2. The van der Waals surface area contributed by atoms with Crippen molar-refractivity contribution in [1.29, 1.82) is 10.5 Å². The lowest BCUT2D eigenvalue weighted by atomic mass is 9.92. The van der Waals surface area contributed by atoms with E-state index < -0.39 is 30.9 Å². The van der Waals surface area contributed by atoms with Gasteiger partial charge < -0.3 is 4.43 Å². The van der Waals surface area contributed by atoms with Gasteiger partial charge in [-0.05, 0) is 42.8 Å². The van der Waals surface area contributed by atoms with Crippen molar-refractivity contribution in [2.45, 2.75) is 62.4 Å². The second-order valence-electron chi connectivity index (χ2n) is 8.86. The molecule has 0 aliphatic heterocycles. The number of hydrogen-bond acceptors (Lipinski definition) is 4. The summed E-state index contributed by atoms with van der Waals surface area (Å²) in [4.78, 5) is 0.568. The molecule has 0 saturated carbocycles. The maximum absolute atomic E-state index is 13.1. The van der Waals surface area contributed by atoms with Gasteiger partial charge in [-0.25, -0.2) is 8.93 Å². The molecule has 5 nitrogen and oxygen atoms in total. The van der Waals surface area contributed by atoms with Gasteiger partial charge in [0.1, 0.15) is 29.2 Å². The maximum atomic E-state index is 13.1. The van der Waals surface area contributed by atoms with Crippen LogP contribution in [-0.2, 0) is 15.4 Å². The highest BCUT2D eigenvalue weighted by Gasteiger charge is 2.51. The first-order chi connectivity index (χ1) is 14.0. The molecule has 2 rings (SSSR count). The molecule has 0 aromatic heterocycles. The fraction of sp³-hybridized carbons (Fsp3) is 0.391. The van der Waals surface area contributed by atoms with Crippen LogP contribution in [0.5, 0.6) is 0 Å². The van der Waals surface area contributed by atoms with Crippen molar-refractivity contribution in [2.75, 3.05) is 0 Å². The lowest BCUT2D eigenvalue weighted by Crippen LogP contribution is -2.54. The Bertz CT molecular complexity index is 957. The summed E-state index contributed by atoms with van der Waals surface area (Å²) in [5.74, 6) is 0. The van der Waals surface area contributed by atoms with Crippen LogP contribution in [-0.4, -0.2) is 18.1 Å². The molecule has 2 atom stereocenters. The quantitative estimate of drug-likeness (QED) is 0.604. The van der Waals surface area contributed by atoms with Crippen molar-refractivity contribution in [1.82, 2.24) is 4.72 Å². The molecule has 0 saturated heterocycles. The molecule has 7 heteroatoms. The predicted molar refractivity (Wildman–Crippen MR) is 122 cm³/mol. The van der Waals surface area contributed by atoms with Crippen molar-refractivity contribution in [3.8, 4) is 12.1 Å². The zero-order chi connectivity index (χ0) is 22.6. The van der Waals surface area contributed by atoms with E-state index in [9.17, 15) is 14.7 Å². The van der Waals surface area contributed by atoms with Crippen LogP contribution in [0.3, 0.4) is 0 Å². The molecule has 0 radical (unpaired) electrons. The summed E-state index contributed by atoms with van der Waals surface area (Å²) in [6.45, 7) is 12.1. The molecule has 1 N–H and O–H groups in total. The topological polar surface area (TPSA) is 85.9 Å². The van der Waals surface area contributed by atoms with E-state index >= 15 is 0 Å². The van der Waals surface area contributed by atoms with Crippen LogP contribution in [0.2, 0.25) is 18.1 Å². The van der Waals surface area contributed by atoms with Crippen molar-refractivity contribution in [3.63, 3.8) is 0 Å². The Balaban J connectivity index is 2.54. The predicted octanol–water partition coefficient (Wildman–Crippen LogP) is 5.16. The van der Waals surface area contributed by atoms with E-state index in [0.29, 0.717) is 10.5 Å². The van der Waals surface area contributed by atoms with E-state index in [1.165, 1.54) is 0 Å². The van der Waals surface area contributed by atoms with Crippen LogP contribution < -0.4 is 4.72 Å². The number of hydrogen-bond donors (Lipinski definition) is 1. The Morgan fingerprint density at radius 1 is 1.00 bits per heavy atom. The molecule has 0 fully saturated rings. The molecule has 1 unspecified atom stereocenters. The second kappa shape index (κ2) is 9.24. The van der Waals surface area contributed by atoms with Crippen LogP contribution >= 0.6 is 0 Å². The van der Waals surface area contributed by atoms with Gasteiger partial charge in [-0.2, -0.15) is 10.5 Å². The van der Waals surface area contributed by atoms with Gasteiger partial charge in [0, 0.05) is 0 Å². The fourth-order valence-corrected chi connectivity index (χ4v) is 5.04. The van der Waals surface area contributed by atoms with Crippen molar-refractivity contribution in [3.05, 3.63) is 65.7 Å². The number of nitrogens with one attached hydrogen (secondary N) is 1. The van der Waals surface area contributed by atoms with Gasteiger partial charge in [0.2, 0.25) is 0 Å². The Labute approximate surface area is 183 Å². The molecule has 158 valence electrons. The first-order valence-corrected chi connectivity index (χ1v) is 13.8. The number of aryl methyl sites for hydroxylation is 1. The van der Waals surface area contributed by atoms with E-state index in [4.69, 9.17) is 4.43 Å². The summed E-state index contributed by atoms with van der Waals surface area (Å²) in [6, 6.07) is 19.7. The number of nitrogens with zero attached hydrogens (tertiary/aromatic N) is 2. The summed E-state index contributed by atoms with van der Waals surface area (Å²) in [5, 5.41) is 20.1. The third kappa shape index (κ3) is 5.24. The third-order valence-corrected chi connectivity index (χ3v) is 11.1. The highest BCUT2D eigenvalue weighted by Crippen LogP contribution is 2.42. The zero-order valence-corrected chi connectivity index (χ0v) is 20.2. The highest BCUT2D eigenvalue weighted by molar-refractivity contribution is 7.83. The van der Waals surface area contributed by atoms with Crippen molar-refractivity contribution in [2.24, 2.45) is 0 Å². The van der Waals surface area contributed by atoms with Crippen LogP contribution in [0.4, 0.5) is 0 Å². The van der Waals surface area contributed by atoms with Crippen LogP contribution in [0.25, 0.3) is 0 Å². The van der Waals surface area contributed by atoms with Gasteiger partial charge in [-0.1, -0.05) is 68.8 Å². The number of benzene rings is 2. The standard InChI is InChI=1S/C23H29N3O2SSi/c1-18-12-14-20(15-13-18)29(27)26-21(19-10-8-7-9-11-19)23(16-24,17-25)28-30(5,6)22(2,3)4/h7-15,21,26H,1-6H3/t21-,29?/m1/s1. The van der Waals surface area contributed by atoms with Gasteiger partial charge >= 0.3 is 0 Å². The Hall–Kier alpha value is -2.29. The zero-order valence-electron chi connectivity index (χ0n) is 18.4. The number of rotatable bonds is 7. The Morgan fingerprint density at radius 3 is 2.00 bits per heavy atom. The van der Waals surface area contributed by atoms with Gasteiger partial charge in [-0.3, -0.25) is 0 Å². The molecule has 30 heavy (non-hydrogen) atoms. The molecular weight excluding hydrogens is 410 g/mol. The average Bonchev–Trinajstić information content (AvgIpc) is 2.70. The van der Waals surface area contributed by atoms with Gasteiger partial charge in [0.25, 0.3) is 5.60 Å². The normalized spacial score (nSPS) is 14.4. The summed E-state index contributed by atoms with van der Waals surface area (Å²) in [7, 11) is -4.14. The number of nitriles is 2. The molecule has 2 aromatic rings. The smallest absolute Gasteiger partial charge is 0.252 e. The van der Waals surface area contributed by atoms with Crippen LogP contribution in [0.15, 0.2) is 59.5 Å². The first kappa shape index (κ1) is 24.0. The third-order valence-electron chi connectivity index (χ3n) is 5.55. The van der Waals surface area contributed by atoms with Gasteiger partial charge in [0.15, 0.2) is 8.32 Å². The summed E-state index contributed by atoms with van der Waals surface area (Å²) in [5.41, 5.74) is -0.107. The minimum absolute atomic E-state index is 0.205. The first-order valence-electron chi connectivity index (χ1n) is 9.78. The Kier molecular flexibility index (Phi) is 7.39. The molecule has 0 aliphatic rings. The average molecular weight is 440 g/mol. The fourth-order valence-electron chi connectivity index (χ4n) is 2.68. The second-order valence-corrected chi connectivity index (χ2v) is 14.8. The minimum atomic E-state index is -2.50. The molecular formula is C23H29N3O2SSi. The van der Waals surface area contributed by atoms with Crippen LogP contribution in [0, 0.1) is 29.6 Å². The monoisotopic (exact) mass is 439 g/mol. The molecule has 0 heterocycles.